The first-order valence-electron chi connectivity index (χ1n) is 22.6. The van der Waals surface area contributed by atoms with E-state index in [-0.39, 0.29) is 35.6 Å². The van der Waals surface area contributed by atoms with Gasteiger partial charge in [-0.3, -0.25) is 9.59 Å². The number of likely N-dealkylation sites (tertiary alicyclic amines) is 2. The lowest BCUT2D eigenvalue weighted by molar-refractivity contribution is -0.136. The largest absolute Gasteiger partial charge is 0.488 e. The standard InChI is InChI=1S/C50H56N8O8/c1-7-28(3)42(55-49(61)64-5)47(59)57-23-27(2)17-39(57)45-51-22-38(53-45)32-13-15-34-33(19-32)26-66-41-21-35-31(20-36(34)41)14-16-37-44(35)54-46(52-37)40-18-29(25-63-4)24-58(40)48(60)43(56-50(62)65-6)30-11-9-8-10-12-30/h8-16,19-22,27-29,39-40,42-43H,7,17-18,23-26H2,1-6H3,(H,51,53)(H,52,54)(H,55,61)(H,56,62)/t27-,28-,29-,39-,40-,42-,43+/m0/s1. The number of benzene rings is 4. The van der Waals surface area contributed by atoms with Gasteiger partial charge in [-0.1, -0.05) is 75.7 Å². The van der Waals surface area contributed by atoms with Gasteiger partial charge in [0.25, 0.3) is 5.91 Å². The summed E-state index contributed by atoms with van der Waals surface area (Å²) in [5.41, 5.74) is 7.11. The van der Waals surface area contributed by atoms with Gasteiger partial charge in [0.1, 0.15) is 36.1 Å². The molecule has 16 nitrogen and oxygen atoms in total. The summed E-state index contributed by atoms with van der Waals surface area (Å²) < 4.78 is 21.8. The number of hydrogen-bond donors (Lipinski definition) is 4. The van der Waals surface area contributed by atoms with Crippen molar-refractivity contribution in [2.24, 2.45) is 17.8 Å². The SMILES string of the molecule is CC[C@H](C)[C@H](NC(=O)OC)C(=O)N1C[C@@H](C)C[C@H]1c1ncc(-c2ccc3c(c2)COc2cc4c(ccc5nc([C@@H]6C[C@H](COC)CN6C(=O)[C@H](NC(=O)OC)c6ccccc6)[nH]c54)cc2-3)[nH]1. The summed E-state index contributed by atoms with van der Waals surface area (Å²) in [5.74, 6) is 1.94. The van der Waals surface area contributed by atoms with Crippen LogP contribution in [-0.2, 0) is 30.4 Å². The molecule has 7 atom stereocenters. The Bertz CT molecular complexity index is 2790. The van der Waals surface area contributed by atoms with E-state index in [0.29, 0.717) is 56.4 Å². The molecule has 9 rings (SSSR count). The Morgan fingerprint density at radius 3 is 2.36 bits per heavy atom. The number of nitrogens with one attached hydrogen (secondary N) is 4. The maximum atomic E-state index is 14.4. The van der Waals surface area contributed by atoms with Gasteiger partial charge in [-0.05, 0) is 76.6 Å². The first-order valence-corrected chi connectivity index (χ1v) is 22.6. The van der Waals surface area contributed by atoms with Gasteiger partial charge in [0.2, 0.25) is 5.91 Å². The highest BCUT2D eigenvalue weighted by molar-refractivity contribution is 6.07. The second-order valence-corrected chi connectivity index (χ2v) is 17.9. The Balaban J connectivity index is 0.979. The smallest absolute Gasteiger partial charge is 0.407 e. The minimum Gasteiger partial charge on any atom is -0.488 e. The number of rotatable bonds is 12. The van der Waals surface area contributed by atoms with Crippen LogP contribution in [0.3, 0.4) is 0 Å². The van der Waals surface area contributed by atoms with E-state index >= 15 is 0 Å². The predicted octanol–water partition coefficient (Wildman–Crippen LogP) is 7.98. The Labute approximate surface area is 382 Å². The van der Waals surface area contributed by atoms with E-state index in [4.69, 9.17) is 28.9 Å². The molecule has 0 aliphatic carbocycles. The predicted molar refractivity (Wildman–Crippen MR) is 247 cm³/mol. The van der Waals surface area contributed by atoms with Crippen LogP contribution in [0.5, 0.6) is 5.75 Å². The lowest BCUT2D eigenvalue weighted by atomic mass is 9.92. The van der Waals surface area contributed by atoms with Crippen molar-refractivity contribution in [3.8, 4) is 28.1 Å². The zero-order valence-corrected chi connectivity index (χ0v) is 38.1. The minimum atomic E-state index is -0.956. The number of aromatic amines is 2. The van der Waals surface area contributed by atoms with Crippen LogP contribution in [0.1, 0.15) is 80.9 Å². The number of alkyl carbamates (subject to hydrolysis) is 2. The number of nitrogens with zero attached hydrogens (tertiary/aromatic N) is 4. The maximum Gasteiger partial charge on any atom is 0.407 e. The number of methoxy groups -OCH3 is 3. The summed E-state index contributed by atoms with van der Waals surface area (Å²) in [7, 11) is 4.23. The molecular formula is C50H56N8O8. The topological polar surface area (TPSA) is 193 Å². The quantitative estimate of drug-likeness (QED) is 0.0936. The summed E-state index contributed by atoms with van der Waals surface area (Å²) in [6, 6.07) is 21.4. The molecule has 4 aromatic carbocycles. The second-order valence-electron chi connectivity index (χ2n) is 17.9. The lowest BCUT2D eigenvalue weighted by Crippen LogP contribution is -2.51. The monoisotopic (exact) mass is 896 g/mol. The zero-order valence-electron chi connectivity index (χ0n) is 38.1. The van der Waals surface area contributed by atoms with Crippen molar-refractivity contribution in [1.29, 1.82) is 0 Å². The molecule has 344 valence electrons. The van der Waals surface area contributed by atoms with Crippen molar-refractivity contribution in [3.05, 3.63) is 102 Å². The number of ether oxygens (including phenoxy) is 4. The Hall–Kier alpha value is -6.94. The van der Waals surface area contributed by atoms with Gasteiger partial charge >= 0.3 is 12.2 Å². The Kier molecular flexibility index (Phi) is 12.4. The van der Waals surface area contributed by atoms with Crippen molar-refractivity contribution in [3.63, 3.8) is 0 Å². The summed E-state index contributed by atoms with van der Waals surface area (Å²) in [4.78, 5) is 73.7. The van der Waals surface area contributed by atoms with Crippen molar-refractivity contribution < 1.29 is 38.1 Å². The third kappa shape index (κ3) is 8.41. The van der Waals surface area contributed by atoms with Crippen molar-refractivity contribution in [1.82, 2.24) is 40.4 Å². The van der Waals surface area contributed by atoms with Crippen LogP contribution < -0.4 is 15.4 Å². The molecule has 66 heavy (non-hydrogen) atoms. The summed E-state index contributed by atoms with van der Waals surface area (Å²) >= 11 is 0. The van der Waals surface area contributed by atoms with E-state index in [9.17, 15) is 19.2 Å². The first kappa shape index (κ1) is 44.3. The zero-order chi connectivity index (χ0) is 46.2. The minimum absolute atomic E-state index is 0.0579. The van der Waals surface area contributed by atoms with Crippen LogP contribution in [0, 0.1) is 17.8 Å². The second kappa shape index (κ2) is 18.5. The average molecular weight is 897 g/mol. The summed E-state index contributed by atoms with van der Waals surface area (Å²) in [5, 5.41) is 7.47. The van der Waals surface area contributed by atoms with Crippen molar-refractivity contribution >= 4 is 45.8 Å². The molecule has 2 fully saturated rings. The summed E-state index contributed by atoms with van der Waals surface area (Å²) in [6.07, 6.45) is 2.58. The molecule has 0 radical (unpaired) electrons. The van der Waals surface area contributed by atoms with E-state index in [2.05, 4.69) is 63.9 Å². The molecule has 0 bridgehead atoms. The highest BCUT2D eigenvalue weighted by Crippen LogP contribution is 2.44. The fraction of sp³-hybridized carbons (Fsp3) is 0.400. The number of imidazole rings is 2. The molecule has 0 spiro atoms. The molecule has 3 aliphatic heterocycles. The van der Waals surface area contributed by atoms with Gasteiger partial charge in [0, 0.05) is 37.1 Å². The van der Waals surface area contributed by atoms with Gasteiger partial charge < -0.3 is 49.3 Å². The number of amides is 4. The fourth-order valence-corrected chi connectivity index (χ4v) is 9.94. The van der Waals surface area contributed by atoms with E-state index in [1.165, 1.54) is 14.2 Å². The van der Waals surface area contributed by atoms with E-state index in [0.717, 1.165) is 61.9 Å². The average Bonchev–Trinajstić information content (AvgIpc) is 4.17. The van der Waals surface area contributed by atoms with Crippen LogP contribution in [0.4, 0.5) is 9.59 Å². The van der Waals surface area contributed by atoms with Gasteiger partial charge in [0.05, 0.1) is 55.8 Å². The number of carbonyl (C=O) groups is 4. The molecule has 4 N–H and O–H groups in total. The molecule has 6 aromatic rings. The molecule has 4 amide bonds. The van der Waals surface area contributed by atoms with Crippen LogP contribution in [0.2, 0.25) is 0 Å². The third-order valence-electron chi connectivity index (χ3n) is 13.5. The maximum absolute atomic E-state index is 14.4. The number of hydrogen-bond acceptors (Lipinski definition) is 10. The van der Waals surface area contributed by atoms with Crippen LogP contribution in [0.15, 0.2) is 79.0 Å². The molecule has 0 unspecified atom stereocenters. The van der Waals surface area contributed by atoms with Crippen molar-refractivity contribution in [2.45, 2.75) is 70.8 Å². The van der Waals surface area contributed by atoms with Crippen molar-refractivity contribution in [2.75, 3.05) is 41.0 Å². The normalized spacial score (nSPS) is 20.3. The molecule has 2 saturated heterocycles. The summed E-state index contributed by atoms with van der Waals surface area (Å²) in [6.45, 7) is 7.91. The van der Waals surface area contributed by atoms with Gasteiger partial charge in [-0.15, -0.1) is 0 Å². The number of carbonyl (C=O) groups excluding carboxylic acids is 4. The molecule has 5 heterocycles. The molecule has 2 aromatic heterocycles. The van der Waals surface area contributed by atoms with Gasteiger partial charge in [-0.2, -0.15) is 0 Å². The van der Waals surface area contributed by atoms with Gasteiger partial charge in [-0.25, -0.2) is 19.6 Å². The van der Waals surface area contributed by atoms with Crippen LogP contribution >= 0.6 is 0 Å². The van der Waals surface area contributed by atoms with E-state index < -0.39 is 30.3 Å². The number of aromatic nitrogens is 4. The highest BCUT2D eigenvalue weighted by atomic mass is 16.5. The number of H-pyrrole nitrogens is 2. The highest BCUT2D eigenvalue weighted by Gasteiger charge is 2.42. The lowest BCUT2D eigenvalue weighted by Gasteiger charge is -2.30. The molecule has 3 aliphatic rings. The van der Waals surface area contributed by atoms with Crippen LogP contribution in [0.25, 0.3) is 44.2 Å². The Morgan fingerprint density at radius 2 is 1.61 bits per heavy atom. The van der Waals surface area contributed by atoms with E-state index in [1.807, 2.05) is 61.3 Å². The Morgan fingerprint density at radius 1 is 0.848 bits per heavy atom. The number of fused-ring (bicyclic) bond motifs is 6. The van der Waals surface area contributed by atoms with Gasteiger partial charge in [0.15, 0.2) is 0 Å². The molecular weight excluding hydrogens is 841 g/mol. The molecule has 16 heteroatoms. The first-order chi connectivity index (χ1) is 32.0. The third-order valence-corrected chi connectivity index (χ3v) is 13.5. The van der Waals surface area contributed by atoms with E-state index in [1.54, 1.807) is 12.0 Å². The van der Waals surface area contributed by atoms with Crippen LogP contribution in [-0.4, -0.2) is 101 Å². The fourth-order valence-electron chi connectivity index (χ4n) is 9.94. The molecule has 0 saturated carbocycles.